The Balaban J connectivity index is 3.98. The highest BCUT2D eigenvalue weighted by atomic mass is 79.9. The Labute approximate surface area is 102 Å². The molecule has 0 aliphatic heterocycles. The van der Waals surface area contributed by atoms with E-state index in [9.17, 15) is 4.79 Å². The summed E-state index contributed by atoms with van der Waals surface area (Å²) in [5, 5.41) is 4.06. The first-order valence-electron chi connectivity index (χ1n) is 5.82. The van der Waals surface area contributed by atoms with Gasteiger partial charge in [0.05, 0.1) is 0 Å². The summed E-state index contributed by atoms with van der Waals surface area (Å²) in [5.41, 5.74) is -0.229. The molecule has 0 aliphatic carbocycles. The highest BCUT2D eigenvalue weighted by molar-refractivity contribution is 9.09. The van der Waals surface area contributed by atoms with Gasteiger partial charge in [-0.1, -0.05) is 50.0 Å². The van der Waals surface area contributed by atoms with Crippen LogP contribution in [0.5, 0.6) is 0 Å². The van der Waals surface area contributed by atoms with Gasteiger partial charge in [-0.25, -0.2) is 0 Å². The topological polar surface area (TPSA) is 29.1 Å². The van der Waals surface area contributed by atoms with Crippen molar-refractivity contribution in [2.75, 3.05) is 11.9 Å². The van der Waals surface area contributed by atoms with Crippen LogP contribution in [0.15, 0.2) is 0 Å². The molecule has 0 aromatic carbocycles. The Morgan fingerprint density at radius 3 is 2.40 bits per heavy atom. The number of amides is 1. The largest absolute Gasteiger partial charge is 0.355 e. The van der Waals surface area contributed by atoms with Gasteiger partial charge in [-0.2, -0.15) is 0 Å². The van der Waals surface area contributed by atoms with E-state index in [4.69, 9.17) is 0 Å². The Hall–Kier alpha value is -0.0500. The van der Waals surface area contributed by atoms with Crippen LogP contribution in [-0.2, 0) is 4.79 Å². The second kappa shape index (κ2) is 7.26. The quantitative estimate of drug-likeness (QED) is 0.711. The van der Waals surface area contributed by atoms with Crippen molar-refractivity contribution in [3.63, 3.8) is 0 Å². The van der Waals surface area contributed by atoms with Crippen LogP contribution in [0.4, 0.5) is 0 Å². The molecule has 0 bridgehead atoms. The number of alkyl halides is 1. The number of carbonyl (C=O) groups is 1. The van der Waals surface area contributed by atoms with E-state index in [2.05, 4.69) is 35.1 Å². The van der Waals surface area contributed by atoms with Crippen molar-refractivity contribution in [1.29, 1.82) is 0 Å². The van der Waals surface area contributed by atoms with Crippen LogP contribution in [0.3, 0.4) is 0 Å². The van der Waals surface area contributed by atoms with Crippen molar-refractivity contribution < 1.29 is 4.79 Å². The van der Waals surface area contributed by atoms with Crippen LogP contribution < -0.4 is 5.32 Å². The van der Waals surface area contributed by atoms with Gasteiger partial charge in [0.15, 0.2) is 0 Å². The number of hydrogen-bond acceptors (Lipinski definition) is 1. The maximum absolute atomic E-state index is 11.8. The Morgan fingerprint density at radius 1 is 1.40 bits per heavy atom. The molecule has 0 spiro atoms. The molecule has 0 heterocycles. The Kier molecular flexibility index (Phi) is 7.24. The van der Waals surface area contributed by atoms with Gasteiger partial charge in [0.1, 0.15) is 0 Å². The predicted molar refractivity (Wildman–Crippen MR) is 69.3 cm³/mol. The summed E-state index contributed by atoms with van der Waals surface area (Å²) in [4.78, 5) is 11.8. The molecule has 1 unspecified atom stereocenters. The maximum Gasteiger partial charge on any atom is 0.225 e. The molecule has 1 atom stereocenters. The third-order valence-corrected chi connectivity index (χ3v) is 3.60. The molecule has 0 radical (unpaired) electrons. The summed E-state index contributed by atoms with van der Waals surface area (Å²) in [6, 6.07) is 0. The van der Waals surface area contributed by atoms with Gasteiger partial charge in [-0.15, -0.1) is 0 Å². The van der Waals surface area contributed by atoms with Crippen molar-refractivity contribution in [2.24, 2.45) is 11.3 Å². The lowest BCUT2D eigenvalue weighted by molar-refractivity contribution is -0.129. The number of rotatable bonds is 7. The zero-order valence-corrected chi connectivity index (χ0v) is 12.0. The molecule has 2 nitrogen and oxygen atoms in total. The smallest absolute Gasteiger partial charge is 0.225 e. The molecule has 0 saturated heterocycles. The van der Waals surface area contributed by atoms with E-state index in [1.54, 1.807) is 0 Å². The Bertz CT molecular complexity index is 192. The van der Waals surface area contributed by atoms with Crippen LogP contribution in [-0.4, -0.2) is 17.8 Å². The van der Waals surface area contributed by atoms with E-state index in [1.807, 2.05) is 13.8 Å². The summed E-state index contributed by atoms with van der Waals surface area (Å²) in [7, 11) is 0. The first-order valence-corrected chi connectivity index (χ1v) is 6.94. The summed E-state index contributed by atoms with van der Waals surface area (Å²) in [5.74, 6) is 0.777. The van der Waals surface area contributed by atoms with Gasteiger partial charge in [-0.3, -0.25) is 4.79 Å². The van der Waals surface area contributed by atoms with Gasteiger partial charge >= 0.3 is 0 Å². The highest BCUT2D eigenvalue weighted by Crippen LogP contribution is 2.19. The van der Waals surface area contributed by atoms with Crippen LogP contribution in [0.25, 0.3) is 0 Å². The lowest BCUT2D eigenvalue weighted by Gasteiger charge is -2.23. The van der Waals surface area contributed by atoms with Crippen LogP contribution in [0.2, 0.25) is 0 Å². The number of nitrogens with one attached hydrogen (secondary N) is 1. The molecule has 1 N–H and O–H groups in total. The van der Waals surface area contributed by atoms with E-state index in [1.165, 1.54) is 0 Å². The van der Waals surface area contributed by atoms with Crippen molar-refractivity contribution in [3.8, 4) is 0 Å². The standard InChI is InChI=1S/C12H24BrNO/c1-5-10(7-8-13)9-14-11(15)12(3,4)6-2/h10H,5-9H2,1-4H3,(H,14,15). The normalized spacial score (nSPS) is 13.7. The third kappa shape index (κ3) is 5.55. The maximum atomic E-state index is 11.8. The average molecular weight is 278 g/mol. The van der Waals surface area contributed by atoms with Crippen LogP contribution in [0.1, 0.15) is 47.0 Å². The van der Waals surface area contributed by atoms with Crippen molar-refractivity contribution in [1.82, 2.24) is 5.32 Å². The minimum atomic E-state index is -0.229. The van der Waals surface area contributed by atoms with E-state index in [-0.39, 0.29) is 11.3 Å². The fourth-order valence-corrected chi connectivity index (χ4v) is 1.89. The highest BCUT2D eigenvalue weighted by Gasteiger charge is 2.25. The van der Waals surface area contributed by atoms with Crippen molar-refractivity contribution in [2.45, 2.75) is 47.0 Å². The second-order valence-electron chi connectivity index (χ2n) is 4.70. The fraction of sp³-hybridized carbons (Fsp3) is 0.917. The molecule has 0 saturated carbocycles. The number of halogens is 1. The van der Waals surface area contributed by atoms with E-state index in [0.717, 1.165) is 31.1 Å². The second-order valence-corrected chi connectivity index (χ2v) is 5.49. The minimum Gasteiger partial charge on any atom is -0.355 e. The molecular formula is C12H24BrNO. The fourth-order valence-electron chi connectivity index (χ4n) is 1.24. The zero-order valence-electron chi connectivity index (χ0n) is 10.4. The molecule has 15 heavy (non-hydrogen) atoms. The van der Waals surface area contributed by atoms with E-state index >= 15 is 0 Å². The van der Waals surface area contributed by atoms with Crippen molar-refractivity contribution >= 4 is 21.8 Å². The molecule has 0 aromatic heterocycles. The Morgan fingerprint density at radius 2 is 2.00 bits per heavy atom. The van der Waals surface area contributed by atoms with E-state index < -0.39 is 0 Å². The molecule has 0 rings (SSSR count). The van der Waals surface area contributed by atoms with Gasteiger partial charge in [0, 0.05) is 17.3 Å². The van der Waals surface area contributed by atoms with Gasteiger partial charge in [0.2, 0.25) is 5.91 Å². The molecule has 90 valence electrons. The van der Waals surface area contributed by atoms with E-state index in [0.29, 0.717) is 5.92 Å². The molecule has 0 aromatic rings. The molecular weight excluding hydrogens is 254 g/mol. The third-order valence-electron chi connectivity index (χ3n) is 3.14. The van der Waals surface area contributed by atoms with Crippen LogP contribution in [0, 0.1) is 11.3 Å². The van der Waals surface area contributed by atoms with Gasteiger partial charge in [-0.05, 0) is 18.8 Å². The lowest BCUT2D eigenvalue weighted by atomic mass is 9.89. The lowest BCUT2D eigenvalue weighted by Crippen LogP contribution is -2.39. The minimum absolute atomic E-state index is 0.179. The monoisotopic (exact) mass is 277 g/mol. The summed E-state index contributed by atoms with van der Waals surface area (Å²) >= 11 is 3.44. The average Bonchev–Trinajstić information content (AvgIpc) is 2.23. The van der Waals surface area contributed by atoms with Crippen LogP contribution >= 0.6 is 15.9 Å². The molecule has 0 fully saturated rings. The predicted octanol–water partition coefficient (Wildman–Crippen LogP) is 3.35. The summed E-state index contributed by atoms with van der Waals surface area (Å²) in [6.07, 6.45) is 3.13. The zero-order chi connectivity index (χ0) is 11.9. The summed E-state index contributed by atoms with van der Waals surface area (Å²) in [6.45, 7) is 9.02. The molecule has 1 amide bonds. The number of hydrogen-bond donors (Lipinski definition) is 1. The molecule has 0 aliphatic rings. The molecule has 3 heteroatoms. The van der Waals surface area contributed by atoms with Gasteiger partial charge < -0.3 is 5.32 Å². The number of carbonyl (C=O) groups excluding carboxylic acids is 1. The SMILES string of the molecule is CCC(CCBr)CNC(=O)C(C)(C)CC. The first-order chi connectivity index (χ1) is 6.97. The van der Waals surface area contributed by atoms with Gasteiger partial charge in [0.25, 0.3) is 0 Å². The first kappa shape index (κ1) is 14.9. The summed E-state index contributed by atoms with van der Waals surface area (Å²) < 4.78 is 0. The van der Waals surface area contributed by atoms with Crippen molar-refractivity contribution in [3.05, 3.63) is 0 Å².